The lowest BCUT2D eigenvalue weighted by molar-refractivity contribution is -0.138. The number of aromatic nitrogens is 1. The molecule has 1 aliphatic carbocycles. The summed E-state index contributed by atoms with van der Waals surface area (Å²) in [6, 6.07) is 4.99. The van der Waals surface area contributed by atoms with Gasteiger partial charge in [0.15, 0.2) is 5.01 Å². The largest absolute Gasteiger partial charge is 0.412 e. The first-order valence-electron chi connectivity index (χ1n) is 13.0. The lowest BCUT2D eigenvalue weighted by Gasteiger charge is -2.36. The minimum Gasteiger partial charge on any atom is -0.412 e. The van der Waals surface area contributed by atoms with E-state index in [4.69, 9.17) is 10.3 Å². The van der Waals surface area contributed by atoms with Gasteiger partial charge in [-0.3, -0.25) is 23.7 Å². The molecule has 42 heavy (non-hydrogen) atoms. The molecule has 232 valence electrons. The van der Waals surface area contributed by atoms with E-state index in [1.54, 1.807) is 26.2 Å². The van der Waals surface area contributed by atoms with E-state index in [1.165, 1.54) is 28.4 Å². The number of benzene rings is 1. The molecule has 4 amide bonds. The van der Waals surface area contributed by atoms with E-state index in [0.29, 0.717) is 24.3 Å². The number of carbonyl (C=O) groups excluding carboxylic acids is 4. The molecule has 7 N–H and O–H groups in total. The number of amides is 4. The Morgan fingerprint density at radius 3 is 2.31 bits per heavy atom. The Morgan fingerprint density at radius 2 is 1.74 bits per heavy atom. The molecule has 0 saturated heterocycles. The molecule has 2 heterocycles. The second kappa shape index (κ2) is 14.6. The molecule has 4 rings (SSSR count). The van der Waals surface area contributed by atoms with Crippen LogP contribution in [-0.2, 0) is 37.5 Å². The van der Waals surface area contributed by atoms with Crippen LogP contribution in [0.2, 0.25) is 0 Å². The molecular formula is C26H38N6O8S2. The summed E-state index contributed by atoms with van der Waals surface area (Å²) in [6.45, 7) is 3.50. The van der Waals surface area contributed by atoms with E-state index in [1.807, 2.05) is 14.0 Å². The lowest BCUT2D eigenvalue weighted by atomic mass is 9.81. The number of nitrogens with two attached hydrogens (primary N) is 1. The average molecular weight is 627 g/mol. The van der Waals surface area contributed by atoms with Crippen LogP contribution in [0.25, 0.3) is 0 Å². The number of aryl methyl sites for hydroxylation is 1. The van der Waals surface area contributed by atoms with Gasteiger partial charge in [0.1, 0.15) is 0 Å². The van der Waals surface area contributed by atoms with E-state index in [0.717, 1.165) is 35.6 Å². The highest BCUT2D eigenvalue weighted by Crippen LogP contribution is 2.28. The van der Waals surface area contributed by atoms with Gasteiger partial charge in [-0.05, 0) is 45.4 Å². The van der Waals surface area contributed by atoms with Crippen molar-refractivity contribution in [1.82, 2.24) is 25.4 Å². The maximum Gasteiger partial charge on any atom is 0.309 e. The fraction of sp³-hybridized carbons (Fsp3) is 0.500. The van der Waals surface area contributed by atoms with E-state index in [2.05, 4.69) is 20.5 Å². The van der Waals surface area contributed by atoms with Gasteiger partial charge in [0.25, 0.3) is 16.0 Å². The Hall–Kier alpha value is -3.44. The Morgan fingerprint density at radius 1 is 1.10 bits per heavy atom. The lowest BCUT2D eigenvalue weighted by Crippen LogP contribution is -2.57. The molecular weight excluding hydrogens is 588 g/mol. The summed E-state index contributed by atoms with van der Waals surface area (Å²) in [5.41, 5.74) is 6.97. The molecule has 1 saturated carbocycles. The van der Waals surface area contributed by atoms with Gasteiger partial charge in [-0.15, -0.1) is 11.3 Å². The van der Waals surface area contributed by atoms with Gasteiger partial charge in [0.05, 0.1) is 16.6 Å². The number of carbonyl (C=O) groups is 4. The SMILES string of the molecule is CN1CCc2nc(C(=O)N[C@@H]3C[C@@H](C(=O)N(C)C)CC[C@@H]3NC(=O)C(N)=O)sc2C1.Cc1ccc(S(=O)(=O)O)cc1.O. The first-order valence-corrected chi connectivity index (χ1v) is 15.2. The predicted molar refractivity (Wildman–Crippen MR) is 155 cm³/mol. The minimum atomic E-state index is -4.02. The number of fused-ring (bicyclic) bond motifs is 1. The second-order valence-corrected chi connectivity index (χ2v) is 12.9. The number of rotatable bonds is 5. The summed E-state index contributed by atoms with van der Waals surface area (Å²) in [5.74, 6) is -2.61. The van der Waals surface area contributed by atoms with Crippen molar-refractivity contribution in [1.29, 1.82) is 0 Å². The first kappa shape index (κ1) is 34.8. The van der Waals surface area contributed by atoms with Gasteiger partial charge < -0.3 is 31.6 Å². The van der Waals surface area contributed by atoms with Crippen molar-refractivity contribution in [3.8, 4) is 0 Å². The zero-order valence-electron chi connectivity index (χ0n) is 23.9. The monoisotopic (exact) mass is 626 g/mol. The number of nitrogens with zero attached hydrogens (tertiary/aromatic N) is 3. The summed E-state index contributed by atoms with van der Waals surface area (Å²) in [5, 5.41) is 5.89. The predicted octanol–water partition coefficient (Wildman–Crippen LogP) is -0.495. The van der Waals surface area contributed by atoms with Crippen LogP contribution in [-0.4, -0.2) is 96.6 Å². The van der Waals surface area contributed by atoms with Crippen molar-refractivity contribution < 1.29 is 37.6 Å². The number of thiazole rings is 1. The van der Waals surface area contributed by atoms with Crippen LogP contribution in [0.3, 0.4) is 0 Å². The maximum atomic E-state index is 12.9. The average Bonchev–Trinajstić information content (AvgIpc) is 3.32. The zero-order valence-corrected chi connectivity index (χ0v) is 25.5. The standard InChI is InChI=1S/C19H28N6O4S.C7H8O3S.H2O/c1-24(2)19(29)10-4-5-11(21-16(27)15(20)26)13(8-10)22-17(28)18-23-12-6-7-25(3)9-14(12)30-18;1-6-2-4-7(5-3-6)11(8,9)10;/h10-11,13H,4-9H2,1-3H3,(H2,20,26)(H,21,27)(H,22,28);2-5H,1H3,(H,8,9,10);1H2/t10-,11-,13+;;/m0../s1. The Balaban J connectivity index is 0.000000433. The number of likely N-dealkylation sites (N-methyl/N-ethyl adjacent to an activating group) is 1. The highest BCUT2D eigenvalue weighted by atomic mass is 32.2. The normalized spacial score (nSPS) is 20.1. The smallest absolute Gasteiger partial charge is 0.309 e. The van der Waals surface area contributed by atoms with Crippen LogP contribution in [0, 0.1) is 12.8 Å². The number of primary amides is 1. The van der Waals surface area contributed by atoms with Gasteiger partial charge in [0.2, 0.25) is 5.91 Å². The van der Waals surface area contributed by atoms with E-state index in [-0.39, 0.29) is 28.1 Å². The number of hydrogen-bond acceptors (Lipinski definition) is 9. The molecule has 3 atom stereocenters. The molecule has 2 aromatic rings. The topological polar surface area (TPSA) is 224 Å². The fourth-order valence-electron chi connectivity index (χ4n) is 4.69. The Kier molecular flexibility index (Phi) is 12.1. The summed E-state index contributed by atoms with van der Waals surface area (Å²) < 4.78 is 29.6. The van der Waals surface area contributed by atoms with Gasteiger partial charge in [-0.25, -0.2) is 4.98 Å². The van der Waals surface area contributed by atoms with Crippen LogP contribution < -0.4 is 16.4 Å². The summed E-state index contributed by atoms with van der Waals surface area (Å²) in [7, 11) is 1.38. The third-order valence-electron chi connectivity index (χ3n) is 6.93. The molecule has 0 unspecified atom stereocenters. The summed E-state index contributed by atoms with van der Waals surface area (Å²) in [6.07, 6.45) is 2.16. The highest BCUT2D eigenvalue weighted by molar-refractivity contribution is 7.85. The van der Waals surface area contributed by atoms with E-state index in [9.17, 15) is 27.6 Å². The van der Waals surface area contributed by atoms with Gasteiger partial charge in [-0.2, -0.15) is 8.42 Å². The zero-order chi connectivity index (χ0) is 30.5. The molecule has 0 bridgehead atoms. The molecule has 0 radical (unpaired) electrons. The highest BCUT2D eigenvalue weighted by Gasteiger charge is 2.37. The van der Waals surface area contributed by atoms with Crippen molar-refractivity contribution in [2.45, 2.75) is 56.1 Å². The quantitative estimate of drug-likeness (QED) is 0.248. The molecule has 1 aromatic heterocycles. The molecule has 14 nitrogen and oxygen atoms in total. The molecule has 2 aliphatic rings. The van der Waals surface area contributed by atoms with Crippen LogP contribution in [0.15, 0.2) is 29.2 Å². The molecule has 0 spiro atoms. The Labute approximate surface area is 248 Å². The second-order valence-electron chi connectivity index (χ2n) is 10.4. The van der Waals surface area contributed by atoms with Crippen molar-refractivity contribution in [3.63, 3.8) is 0 Å². The van der Waals surface area contributed by atoms with Crippen molar-refractivity contribution >= 4 is 45.1 Å². The van der Waals surface area contributed by atoms with Crippen LogP contribution in [0.4, 0.5) is 0 Å². The molecule has 16 heteroatoms. The number of hydrogen-bond donors (Lipinski definition) is 4. The van der Waals surface area contributed by atoms with Crippen molar-refractivity contribution in [2.24, 2.45) is 11.7 Å². The third-order valence-corrected chi connectivity index (χ3v) is 8.88. The van der Waals surface area contributed by atoms with Crippen molar-refractivity contribution in [3.05, 3.63) is 45.4 Å². The first-order chi connectivity index (χ1) is 19.1. The van der Waals surface area contributed by atoms with E-state index >= 15 is 0 Å². The summed E-state index contributed by atoms with van der Waals surface area (Å²) in [4.78, 5) is 57.5. The van der Waals surface area contributed by atoms with Gasteiger partial charge >= 0.3 is 11.8 Å². The summed E-state index contributed by atoms with van der Waals surface area (Å²) >= 11 is 1.37. The third kappa shape index (κ3) is 9.29. The molecule has 1 aliphatic heterocycles. The van der Waals surface area contributed by atoms with Crippen LogP contribution in [0.5, 0.6) is 0 Å². The van der Waals surface area contributed by atoms with Gasteiger partial charge in [-0.1, -0.05) is 17.7 Å². The Bertz CT molecular complexity index is 1390. The van der Waals surface area contributed by atoms with Crippen molar-refractivity contribution in [2.75, 3.05) is 27.7 Å². The fourth-order valence-corrected chi connectivity index (χ4v) is 6.26. The van der Waals surface area contributed by atoms with Gasteiger partial charge in [0, 0.05) is 50.4 Å². The van der Waals surface area contributed by atoms with Crippen LogP contribution in [0.1, 0.15) is 45.2 Å². The number of nitrogens with one attached hydrogen (secondary N) is 2. The molecule has 1 fully saturated rings. The molecule has 1 aromatic carbocycles. The van der Waals surface area contributed by atoms with Crippen LogP contribution >= 0.6 is 11.3 Å². The minimum absolute atomic E-state index is 0. The maximum absolute atomic E-state index is 12.9. The van der Waals surface area contributed by atoms with E-state index < -0.39 is 34.0 Å².